The maximum Gasteiger partial charge on any atom is 0.433 e. The highest BCUT2D eigenvalue weighted by atomic mass is 19.4. The first-order chi connectivity index (χ1) is 10.2. The van der Waals surface area contributed by atoms with Crippen LogP contribution < -0.4 is 0 Å². The van der Waals surface area contributed by atoms with Crippen molar-refractivity contribution < 1.29 is 22.7 Å². The quantitative estimate of drug-likeness (QED) is 0.809. The van der Waals surface area contributed by atoms with E-state index in [1.165, 1.54) is 20.1 Å². The Hall–Kier alpha value is -1.63. The molecule has 1 amide bonds. The predicted molar refractivity (Wildman–Crippen MR) is 76.6 cm³/mol. The van der Waals surface area contributed by atoms with Crippen LogP contribution in [-0.2, 0) is 10.9 Å². The number of ether oxygens (including phenoxy) is 1. The molecule has 7 heteroatoms. The molecule has 0 aliphatic rings. The third-order valence-corrected chi connectivity index (χ3v) is 3.04. The van der Waals surface area contributed by atoms with Gasteiger partial charge in [-0.25, -0.2) is 4.98 Å². The van der Waals surface area contributed by atoms with Crippen molar-refractivity contribution in [1.29, 1.82) is 0 Å². The fourth-order valence-electron chi connectivity index (χ4n) is 2.03. The number of amides is 1. The van der Waals surface area contributed by atoms with Gasteiger partial charge in [-0.15, -0.1) is 0 Å². The van der Waals surface area contributed by atoms with Gasteiger partial charge in [0.05, 0.1) is 17.9 Å². The van der Waals surface area contributed by atoms with Gasteiger partial charge in [0.15, 0.2) is 0 Å². The van der Waals surface area contributed by atoms with Gasteiger partial charge in [0.1, 0.15) is 5.69 Å². The first-order valence-corrected chi connectivity index (χ1v) is 6.99. The lowest BCUT2D eigenvalue weighted by Gasteiger charge is -2.25. The fourth-order valence-corrected chi connectivity index (χ4v) is 2.03. The number of rotatable bonds is 6. The van der Waals surface area contributed by atoms with Gasteiger partial charge in [-0.1, -0.05) is 13.8 Å². The van der Waals surface area contributed by atoms with Crippen molar-refractivity contribution in [2.24, 2.45) is 5.92 Å². The van der Waals surface area contributed by atoms with Crippen LogP contribution in [0.2, 0.25) is 0 Å². The molecule has 0 aliphatic carbocycles. The van der Waals surface area contributed by atoms with Crippen molar-refractivity contribution in [1.82, 2.24) is 9.88 Å². The summed E-state index contributed by atoms with van der Waals surface area (Å²) in [6, 6.07) is 2.03. The SMILES string of the molecule is COCCN(CC(C)C)C(=O)c1ccc(C(F)(F)F)nc1C. The van der Waals surface area contributed by atoms with E-state index in [1.807, 2.05) is 13.8 Å². The first-order valence-electron chi connectivity index (χ1n) is 6.99. The lowest BCUT2D eigenvalue weighted by atomic mass is 10.1. The zero-order chi connectivity index (χ0) is 16.9. The summed E-state index contributed by atoms with van der Waals surface area (Å²) in [5.41, 5.74) is -0.732. The number of methoxy groups -OCH3 is 1. The van der Waals surface area contributed by atoms with E-state index >= 15 is 0 Å². The predicted octanol–water partition coefficient (Wildman–Crippen LogP) is 3.15. The van der Waals surface area contributed by atoms with Crippen LogP contribution in [0.3, 0.4) is 0 Å². The van der Waals surface area contributed by atoms with Crippen LogP contribution in [-0.4, -0.2) is 42.6 Å². The van der Waals surface area contributed by atoms with Crippen molar-refractivity contribution in [2.75, 3.05) is 26.8 Å². The molecule has 0 spiro atoms. The van der Waals surface area contributed by atoms with E-state index in [0.29, 0.717) is 19.7 Å². The van der Waals surface area contributed by atoms with Crippen LogP contribution in [0.1, 0.15) is 35.6 Å². The van der Waals surface area contributed by atoms with E-state index < -0.39 is 11.9 Å². The average Bonchev–Trinajstić information content (AvgIpc) is 2.41. The Labute approximate surface area is 128 Å². The lowest BCUT2D eigenvalue weighted by Crippen LogP contribution is -2.37. The van der Waals surface area contributed by atoms with E-state index in [9.17, 15) is 18.0 Å². The van der Waals surface area contributed by atoms with Gasteiger partial charge in [0, 0.05) is 20.2 Å². The molecule has 1 rings (SSSR count). The maximum absolute atomic E-state index is 12.6. The van der Waals surface area contributed by atoms with Crippen LogP contribution in [0.4, 0.5) is 13.2 Å². The van der Waals surface area contributed by atoms with E-state index in [0.717, 1.165) is 6.07 Å². The second kappa shape index (κ2) is 7.58. The van der Waals surface area contributed by atoms with Crippen molar-refractivity contribution in [3.8, 4) is 0 Å². The van der Waals surface area contributed by atoms with E-state index in [-0.39, 0.29) is 23.1 Å². The molecule has 0 saturated carbocycles. The number of hydrogen-bond donors (Lipinski definition) is 0. The molecule has 0 fully saturated rings. The molecule has 0 aliphatic heterocycles. The molecule has 0 radical (unpaired) electrons. The average molecular weight is 318 g/mol. The number of alkyl halides is 3. The molecule has 1 heterocycles. The van der Waals surface area contributed by atoms with Crippen molar-refractivity contribution in [3.63, 3.8) is 0 Å². The highest BCUT2D eigenvalue weighted by molar-refractivity contribution is 5.95. The molecule has 1 aromatic rings. The van der Waals surface area contributed by atoms with Crippen LogP contribution in [0.5, 0.6) is 0 Å². The highest BCUT2D eigenvalue weighted by Gasteiger charge is 2.33. The number of nitrogens with zero attached hydrogens (tertiary/aromatic N) is 2. The first kappa shape index (κ1) is 18.4. The van der Waals surface area contributed by atoms with Crippen LogP contribution in [0.25, 0.3) is 0 Å². The summed E-state index contributed by atoms with van der Waals surface area (Å²) in [7, 11) is 1.53. The second-order valence-corrected chi connectivity index (χ2v) is 5.47. The van der Waals surface area contributed by atoms with Crippen LogP contribution in [0, 0.1) is 12.8 Å². The minimum absolute atomic E-state index is 0.0750. The number of hydrogen-bond acceptors (Lipinski definition) is 3. The molecule has 1 aromatic heterocycles. The van der Waals surface area contributed by atoms with Crippen molar-refractivity contribution in [2.45, 2.75) is 26.9 Å². The van der Waals surface area contributed by atoms with Gasteiger partial charge < -0.3 is 9.64 Å². The molecule has 0 bridgehead atoms. The van der Waals surface area contributed by atoms with Gasteiger partial charge in [-0.05, 0) is 25.0 Å². The van der Waals surface area contributed by atoms with Crippen LogP contribution >= 0.6 is 0 Å². The molecule has 22 heavy (non-hydrogen) atoms. The van der Waals surface area contributed by atoms with Gasteiger partial charge >= 0.3 is 6.18 Å². The Morgan fingerprint density at radius 2 is 2.00 bits per heavy atom. The molecule has 0 aromatic carbocycles. The largest absolute Gasteiger partial charge is 0.433 e. The standard InChI is InChI=1S/C15H21F3N2O2/c1-10(2)9-20(7-8-22-4)14(21)12-5-6-13(15(16,17)18)19-11(12)3/h5-6,10H,7-9H2,1-4H3. The summed E-state index contributed by atoms with van der Waals surface area (Å²) in [5.74, 6) is -0.0898. The summed E-state index contributed by atoms with van der Waals surface area (Å²) in [4.78, 5) is 17.6. The summed E-state index contributed by atoms with van der Waals surface area (Å²) >= 11 is 0. The Morgan fingerprint density at radius 1 is 1.36 bits per heavy atom. The maximum atomic E-state index is 12.6. The highest BCUT2D eigenvalue weighted by Crippen LogP contribution is 2.28. The Bertz CT molecular complexity index is 516. The molecule has 0 N–H and O–H groups in total. The van der Waals surface area contributed by atoms with Gasteiger partial charge in [-0.3, -0.25) is 4.79 Å². The van der Waals surface area contributed by atoms with E-state index in [4.69, 9.17) is 4.74 Å². The molecular weight excluding hydrogens is 297 g/mol. The van der Waals surface area contributed by atoms with Gasteiger partial charge in [0.2, 0.25) is 0 Å². The summed E-state index contributed by atoms with van der Waals surface area (Å²) in [5, 5.41) is 0. The fraction of sp³-hybridized carbons (Fsp3) is 0.600. The monoisotopic (exact) mass is 318 g/mol. The third kappa shape index (κ3) is 4.98. The Morgan fingerprint density at radius 3 is 2.45 bits per heavy atom. The normalized spacial score (nSPS) is 11.8. The van der Waals surface area contributed by atoms with Crippen LogP contribution in [0.15, 0.2) is 12.1 Å². The number of aryl methyl sites for hydroxylation is 1. The topological polar surface area (TPSA) is 42.4 Å². The third-order valence-electron chi connectivity index (χ3n) is 3.04. The smallest absolute Gasteiger partial charge is 0.383 e. The Balaban J connectivity index is 3.03. The molecule has 0 atom stereocenters. The molecule has 0 unspecified atom stereocenters. The van der Waals surface area contributed by atoms with Crippen molar-refractivity contribution in [3.05, 3.63) is 29.1 Å². The number of carbonyl (C=O) groups is 1. The molecule has 124 valence electrons. The van der Waals surface area contributed by atoms with E-state index in [2.05, 4.69) is 4.98 Å². The van der Waals surface area contributed by atoms with E-state index in [1.54, 1.807) is 4.90 Å². The minimum Gasteiger partial charge on any atom is -0.383 e. The number of carbonyl (C=O) groups excluding carboxylic acids is 1. The van der Waals surface area contributed by atoms with Crippen molar-refractivity contribution >= 4 is 5.91 Å². The number of pyridine rings is 1. The van der Waals surface area contributed by atoms with Gasteiger partial charge in [0.25, 0.3) is 5.91 Å². The Kier molecular flexibility index (Phi) is 6.34. The second-order valence-electron chi connectivity index (χ2n) is 5.47. The summed E-state index contributed by atoms with van der Waals surface area (Å²) in [6.45, 7) is 6.59. The zero-order valence-corrected chi connectivity index (χ0v) is 13.2. The zero-order valence-electron chi connectivity index (χ0n) is 13.2. The summed E-state index contributed by atoms with van der Waals surface area (Å²) in [6.07, 6.45) is -4.51. The number of halogens is 3. The summed E-state index contributed by atoms with van der Waals surface area (Å²) < 4.78 is 42.8. The van der Waals surface area contributed by atoms with Gasteiger partial charge in [-0.2, -0.15) is 13.2 Å². The molecule has 4 nitrogen and oxygen atoms in total. The molecular formula is C15H21F3N2O2. The minimum atomic E-state index is -4.51. The lowest BCUT2D eigenvalue weighted by molar-refractivity contribution is -0.141. The number of aromatic nitrogens is 1. The molecule has 0 saturated heterocycles.